The molecule has 0 atom stereocenters. The van der Waals surface area contributed by atoms with E-state index in [0.717, 1.165) is 19.3 Å². The van der Waals surface area contributed by atoms with Crippen molar-refractivity contribution < 1.29 is 9.72 Å². The molecule has 1 aliphatic carbocycles. The SMILES string of the molecule is O=C(NC1CCC1)c1ccc(-c2ccccc2[N+](=O)[O-])[nH]1. The topological polar surface area (TPSA) is 88.0 Å². The summed E-state index contributed by atoms with van der Waals surface area (Å²) in [5, 5.41) is 14.0. The van der Waals surface area contributed by atoms with Crippen LogP contribution < -0.4 is 5.32 Å². The van der Waals surface area contributed by atoms with Gasteiger partial charge < -0.3 is 10.3 Å². The summed E-state index contributed by atoms with van der Waals surface area (Å²) in [5.41, 5.74) is 1.49. The quantitative estimate of drug-likeness (QED) is 0.668. The molecule has 3 rings (SSSR count). The first-order chi connectivity index (χ1) is 10.1. The highest BCUT2D eigenvalue weighted by molar-refractivity contribution is 5.93. The van der Waals surface area contributed by atoms with E-state index in [4.69, 9.17) is 0 Å². The van der Waals surface area contributed by atoms with Crippen LogP contribution in [0.2, 0.25) is 0 Å². The first-order valence-corrected chi connectivity index (χ1v) is 6.89. The number of carbonyl (C=O) groups excluding carboxylic acids is 1. The summed E-state index contributed by atoms with van der Waals surface area (Å²) >= 11 is 0. The van der Waals surface area contributed by atoms with E-state index in [1.807, 2.05) is 0 Å². The van der Waals surface area contributed by atoms with Crippen molar-refractivity contribution in [1.29, 1.82) is 0 Å². The van der Waals surface area contributed by atoms with Gasteiger partial charge in [-0.25, -0.2) is 0 Å². The highest BCUT2D eigenvalue weighted by Gasteiger charge is 2.21. The number of nitrogens with one attached hydrogen (secondary N) is 2. The van der Waals surface area contributed by atoms with E-state index < -0.39 is 4.92 Å². The summed E-state index contributed by atoms with van der Waals surface area (Å²) in [6, 6.07) is 10.1. The molecule has 1 aromatic heterocycles. The molecule has 0 aliphatic heterocycles. The first-order valence-electron chi connectivity index (χ1n) is 6.89. The van der Waals surface area contributed by atoms with Crippen LogP contribution in [0, 0.1) is 10.1 Å². The number of benzene rings is 1. The largest absolute Gasteiger partial charge is 0.350 e. The molecule has 1 aromatic carbocycles. The molecular weight excluding hydrogens is 270 g/mol. The van der Waals surface area contributed by atoms with Crippen molar-refractivity contribution in [2.24, 2.45) is 0 Å². The number of carbonyl (C=O) groups is 1. The molecule has 0 spiro atoms. The summed E-state index contributed by atoms with van der Waals surface area (Å²) in [5.74, 6) is -0.162. The number of nitro benzene ring substituents is 1. The Morgan fingerprint density at radius 2 is 2.00 bits per heavy atom. The summed E-state index contributed by atoms with van der Waals surface area (Å²) in [7, 11) is 0. The predicted molar refractivity (Wildman–Crippen MR) is 78.0 cm³/mol. The van der Waals surface area contributed by atoms with Crippen LogP contribution in [0.4, 0.5) is 5.69 Å². The molecule has 1 heterocycles. The fourth-order valence-electron chi connectivity index (χ4n) is 2.36. The smallest absolute Gasteiger partial charge is 0.278 e. The Bertz CT molecular complexity index is 689. The number of aromatic nitrogens is 1. The molecule has 0 bridgehead atoms. The first kappa shape index (κ1) is 13.4. The Hall–Kier alpha value is -2.63. The minimum absolute atomic E-state index is 0.0188. The number of hydrogen-bond acceptors (Lipinski definition) is 3. The molecule has 1 amide bonds. The Balaban J connectivity index is 1.84. The Morgan fingerprint density at radius 1 is 1.24 bits per heavy atom. The number of nitro groups is 1. The predicted octanol–water partition coefficient (Wildman–Crippen LogP) is 2.87. The van der Waals surface area contributed by atoms with Gasteiger partial charge in [-0.15, -0.1) is 0 Å². The lowest BCUT2D eigenvalue weighted by Crippen LogP contribution is -2.39. The zero-order valence-corrected chi connectivity index (χ0v) is 11.3. The molecule has 6 heteroatoms. The highest BCUT2D eigenvalue weighted by Crippen LogP contribution is 2.28. The van der Waals surface area contributed by atoms with Crippen molar-refractivity contribution in [3.05, 3.63) is 52.2 Å². The van der Waals surface area contributed by atoms with Crippen LogP contribution in [0.25, 0.3) is 11.3 Å². The lowest BCUT2D eigenvalue weighted by Gasteiger charge is -2.26. The van der Waals surface area contributed by atoms with Gasteiger partial charge in [0.15, 0.2) is 0 Å². The molecule has 0 radical (unpaired) electrons. The fraction of sp³-hybridized carbons (Fsp3) is 0.267. The molecule has 2 aromatic rings. The van der Waals surface area contributed by atoms with E-state index in [1.54, 1.807) is 30.3 Å². The third-order valence-corrected chi connectivity index (χ3v) is 3.76. The molecule has 6 nitrogen and oxygen atoms in total. The summed E-state index contributed by atoms with van der Waals surface area (Å²) in [6.07, 6.45) is 3.18. The van der Waals surface area contributed by atoms with E-state index in [0.29, 0.717) is 17.0 Å². The molecule has 1 aliphatic rings. The molecule has 2 N–H and O–H groups in total. The van der Waals surface area contributed by atoms with Gasteiger partial charge in [0, 0.05) is 12.1 Å². The maximum atomic E-state index is 12.0. The standard InChI is InChI=1S/C15H15N3O3/c19-15(16-10-4-3-5-10)13-9-8-12(17-13)11-6-1-2-7-14(11)18(20)21/h1-2,6-10,17H,3-5H2,(H,16,19). The van der Waals surface area contributed by atoms with Crippen LogP contribution in [0.15, 0.2) is 36.4 Å². The van der Waals surface area contributed by atoms with Crippen LogP contribution >= 0.6 is 0 Å². The zero-order chi connectivity index (χ0) is 14.8. The maximum absolute atomic E-state index is 12.0. The van der Waals surface area contributed by atoms with Crippen molar-refractivity contribution in [2.75, 3.05) is 0 Å². The number of aromatic amines is 1. The van der Waals surface area contributed by atoms with Crippen LogP contribution in [0.1, 0.15) is 29.8 Å². The van der Waals surface area contributed by atoms with E-state index in [9.17, 15) is 14.9 Å². The second kappa shape index (κ2) is 5.40. The van der Waals surface area contributed by atoms with Gasteiger partial charge in [-0.1, -0.05) is 12.1 Å². The normalized spacial score (nSPS) is 14.5. The molecule has 0 unspecified atom stereocenters. The number of para-hydroxylation sites is 1. The monoisotopic (exact) mass is 285 g/mol. The van der Waals surface area contributed by atoms with Gasteiger partial charge >= 0.3 is 0 Å². The maximum Gasteiger partial charge on any atom is 0.278 e. The Kier molecular flexibility index (Phi) is 3.43. The van der Waals surface area contributed by atoms with E-state index in [-0.39, 0.29) is 17.6 Å². The number of H-pyrrole nitrogens is 1. The second-order valence-corrected chi connectivity index (χ2v) is 5.16. The molecule has 108 valence electrons. The third-order valence-electron chi connectivity index (χ3n) is 3.76. The second-order valence-electron chi connectivity index (χ2n) is 5.16. The van der Waals surface area contributed by atoms with E-state index in [2.05, 4.69) is 10.3 Å². The zero-order valence-electron chi connectivity index (χ0n) is 11.3. The summed E-state index contributed by atoms with van der Waals surface area (Å²) in [6.45, 7) is 0. The van der Waals surface area contributed by atoms with Crippen LogP contribution in [-0.4, -0.2) is 21.9 Å². The Labute approximate surface area is 121 Å². The van der Waals surface area contributed by atoms with Crippen molar-refractivity contribution in [2.45, 2.75) is 25.3 Å². The summed E-state index contributed by atoms with van der Waals surface area (Å²) < 4.78 is 0. The minimum Gasteiger partial charge on any atom is -0.350 e. The minimum atomic E-state index is -0.426. The highest BCUT2D eigenvalue weighted by atomic mass is 16.6. The molecule has 1 saturated carbocycles. The summed E-state index contributed by atoms with van der Waals surface area (Å²) in [4.78, 5) is 25.6. The van der Waals surface area contributed by atoms with Gasteiger partial charge in [0.25, 0.3) is 11.6 Å². The average molecular weight is 285 g/mol. The molecular formula is C15H15N3O3. The van der Waals surface area contributed by atoms with Gasteiger partial charge in [-0.2, -0.15) is 0 Å². The number of nitrogens with zero attached hydrogens (tertiary/aromatic N) is 1. The fourth-order valence-corrected chi connectivity index (χ4v) is 2.36. The van der Waals surface area contributed by atoms with Crippen LogP contribution in [-0.2, 0) is 0 Å². The lowest BCUT2D eigenvalue weighted by atomic mass is 9.93. The van der Waals surface area contributed by atoms with Crippen molar-refractivity contribution in [1.82, 2.24) is 10.3 Å². The van der Waals surface area contributed by atoms with Gasteiger partial charge in [0.1, 0.15) is 5.69 Å². The number of rotatable bonds is 4. The van der Waals surface area contributed by atoms with Gasteiger partial charge in [0.05, 0.1) is 16.2 Å². The molecule has 0 saturated heterocycles. The Morgan fingerprint density at radius 3 is 2.67 bits per heavy atom. The van der Waals surface area contributed by atoms with E-state index >= 15 is 0 Å². The average Bonchev–Trinajstić information content (AvgIpc) is 2.92. The van der Waals surface area contributed by atoms with Gasteiger partial charge in [-0.05, 0) is 37.5 Å². The number of amides is 1. The van der Waals surface area contributed by atoms with Crippen LogP contribution in [0.3, 0.4) is 0 Å². The van der Waals surface area contributed by atoms with Crippen molar-refractivity contribution >= 4 is 11.6 Å². The third kappa shape index (κ3) is 2.65. The van der Waals surface area contributed by atoms with E-state index in [1.165, 1.54) is 6.07 Å². The lowest BCUT2D eigenvalue weighted by molar-refractivity contribution is -0.384. The van der Waals surface area contributed by atoms with Gasteiger partial charge in [-0.3, -0.25) is 14.9 Å². The van der Waals surface area contributed by atoms with Crippen LogP contribution in [0.5, 0.6) is 0 Å². The van der Waals surface area contributed by atoms with Crippen molar-refractivity contribution in [3.63, 3.8) is 0 Å². The van der Waals surface area contributed by atoms with Crippen molar-refractivity contribution in [3.8, 4) is 11.3 Å². The molecule has 21 heavy (non-hydrogen) atoms. The number of hydrogen-bond donors (Lipinski definition) is 2. The van der Waals surface area contributed by atoms with Gasteiger partial charge in [0.2, 0.25) is 0 Å². The molecule has 1 fully saturated rings.